The molecular weight excluding hydrogens is 360 g/mol. The van der Waals surface area contributed by atoms with Crippen LogP contribution in [-0.4, -0.2) is 40.1 Å². The van der Waals surface area contributed by atoms with Crippen LogP contribution in [0.15, 0.2) is 24.3 Å². The summed E-state index contributed by atoms with van der Waals surface area (Å²) < 4.78 is 0. The lowest BCUT2D eigenvalue weighted by Crippen LogP contribution is -2.49. The van der Waals surface area contributed by atoms with E-state index < -0.39 is 24.1 Å². The SMILES string of the molecule is CCCCC(=O)CCCCCc1ccc(NC(=O)[C@@H](NC(=O)O)[C@@H](C)O)cc1. The highest BCUT2D eigenvalue weighted by atomic mass is 16.4. The summed E-state index contributed by atoms with van der Waals surface area (Å²) >= 11 is 0. The molecule has 0 radical (unpaired) electrons. The number of unbranched alkanes of at least 4 members (excludes halogenated alkanes) is 3. The van der Waals surface area contributed by atoms with E-state index in [0.717, 1.165) is 44.1 Å². The quantitative estimate of drug-likeness (QED) is 0.383. The Kier molecular flexibility index (Phi) is 10.9. The minimum absolute atomic E-state index is 0.356. The Balaban J connectivity index is 2.37. The fourth-order valence-corrected chi connectivity index (χ4v) is 2.84. The molecule has 0 fully saturated rings. The molecule has 1 aromatic rings. The van der Waals surface area contributed by atoms with Gasteiger partial charge < -0.3 is 20.8 Å². The van der Waals surface area contributed by atoms with Gasteiger partial charge in [-0.1, -0.05) is 31.9 Å². The minimum Gasteiger partial charge on any atom is -0.465 e. The Labute approximate surface area is 166 Å². The maximum absolute atomic E-state index is 12.1. The van der Waals surface area contributed by atoms with Crippen molar-refractivity contribution in [1.82, 2.24) is 5.32 Å². The van der Waals surface area contributed by atoms with Crippen molar-refractivity contribution in [3.8, 4) is 0 Å². The van der Waals surface area contributed by atoms with Gasteiger partial charge in [-0.2, -0.15) is 0 Å². The maximum atomic E-state index is 12.1. The Morgan fingerprint density at radius 3 is 2.21 bits per heavy atom. The minimum atomic E-state index is -1.37. The van der Waals surface area contributed by atoms with Crippen LogP contribution in [0, 0.1) is 0 Å². The number of nitrogens with one attached hydrogen (secondary N) is 2. The number of hydrogen-bond donors (Lipinski definition) is 4. The van der Waals surface area contributed by atoms with E-state index in [-0.39, 0.29) is 0 Å². The third kappa shape index (κ3) is 9.50. The molecule has 2 amide bonds. The number of ketones is 1. The van der Waals surface area contributed by atoms with E-state index in [9.17, 15) is 19.5 Å². The number of amides is 2. The molecule has 0 heterocycles. The van der Waals surface area contributed by atoms with Crippen LogP contribution in [0.5, 0.6) is 0 Å². The van der Waals surface area contributed by atoms with E-state index in [2.05, 4.69) is 12.2 Å². The van der Waals surface area contributed by atoms with E-state index in [0.29, 0.717) is 24.3 Å². The first-order valence-electron chi connectivity index (χ1n) is 9.92. The summed E-state index contributed by atoms with van der Waals surface area (Å²) in [5.41, 5.74) is 1.67. The van der Waals surface area contributed by atoms with Gasteiger partial charge in [0.25, 0.3) is 0 Å². The predicted molar refractivity (Wildman–Crippen MR) is 108 cm³/mol. The van der Waals surface area contributed by atoms with Gasteiger partial charge in [-0.3, -0.25) is 9.59 Å². The molecule has 0 spiro atoms. The molecule has 1 rings (SSSR count). The van der Waals surface area contributed by atoms with Gasteiger partial charge in [-0.15, -0.1) is 0 Å². The van der Waals surface area contributed by atoms with Crippen LogP contribution in [0.3, 0.4) is 0 Å². The fourth-order valence-electron chi connectivity index (χ4n) is 2.84. The number of aryl methyl sites for hydroxylation is 1. The molecule has 0 aliphatic heterocycles. The molecule has 7 heteroatoms. The smallest absolute Gasteiger partial charge is 0.405 e. The third-order valence-corrected chi connectivity index (χ3v) is 4.50. The van der Waals surface area contributed by atoms with Crippen LogP contribution in [0.1, 0.15) is 64.4 Å². The van der Waals surface area contributed by atoms with Crippen molar-refractivity contribution >= 4 is 23.5 Å². The molecule has 0 saturated carbocycles. The van der Waals surface area contributed by atoms with Gasteiger partial charge in [-0.05, 0) is 50.3 Å². The highest BCUT2D eigenvalue weighted by Crippen LogP contribution is 2.14. The molecule has 0 aliphatic rings. The number of anilines is 1. The second-order valence-corrected chi connectivity index (χ2v) is 7.06. The topological polar surface area (TPSA) is 116 Å². The molecule has 156 valence electrons. The summed E-state index contributed by atoms with van der Waals surface area (Å²) in [6.07, 6.45) is 4.70. The number of carboxylic acid groups (broad SMARTS) is 1. The normalized spacial score (nSPS) is 12.8. The van der Waals surface area contributed by atoms with Crippen LogP contribution in [0.2, 0.25) is 0 Å². The van der Waals surface area contributed by atoms with E-state index in [1.165, 1.54) is 6.92 Å². The van der Waals surface area contributed by atoms with Crippen LogP contribution >= 0.6 is 0 Å². The predicted octanol–water partition coefficient (Wildman–Crippen LogP) is 3.50. The molecule has 1 aromatic carbocycles. The van der Waals surface area contributed by atoms with Gasteiger partial charge >= 0.3 is 6.09 Å². The average Bonchev–Trinajstić information content (AvgIpc) is 2.65. The van der Waals surface area contributed by atoms with Crippen molar-refractivity contribution in [3.05, 3.63) is 29.8 Å². The molecule has 4 N–H and O–H groups in total. The lowest BCUT2D eigenvalue weighted by atomic mass is 10.0. The zero-order chi connectivity index (χ0) is 20.9. The molecule has 0 aliphatic carbocycles. The summed E-state index contributed by atoms with van der Waals surface area (Å²) in [6, 6.07) is 6.08. The van der Waals surface area contributed by atoms with E-state index >= 15 is 0 Å². The van der Waals surface area contributed by atoms with Crippen LogP contribution in [0.4, 0.5) is 10.5 Å². The lowest BCUT2D eigenvalue weighted by Gasteiger charge is -2.19. The van der Waals surface area contributed by atoms with E-state index in [1.807, 2.05) is 17.4 Å². The summed E-state index contributed by atoms with van der Waals surface area (Å²) in [5.74, 6) is -0.257. The Morgan fingerprint density at radius 2 is 1.64 bits per heavy atom. The first kappa shape index (κ1) is 23.6. The Hall–Kier alpha value is -2.41. The van der Waals surface area contributed by atoms with Crippen molar-refractivity contribution in [1.29, 1.82) is 0 Å². The van der Waals surface area contributed by atoms with Gasteiger partial charge in [0.1, 0.15) is 11.8 Å². The molecule has 0 aromatic heterocycles. The molecule has 7 nitrogen and oxygen atoms in total. The van der Waals surface area contributed by atoms with Gasteiger partial charge in [0.05, 0.1) is 6.10 Å². The van der Waals surface area contributed by atoms with E-state index in [4.69, 9.17) is 5.11 Å². The van der Waals surface area contributed by atoms with Crippen molar-refractivity contribution in [2.24, 2.45) is 0 Å². The van der Waals surface area contributed by atoms with Crippen molar-refractivity contribution < 1.29 is 24.6 Å². The monoisotopic (exact) mass is 392 g/mol. The highest BCUT2D eigenvalue weighted by molar-refractivity contribution is 5.96. The van der Waals surface area contributed by atoms with Gasteiger partial charge in [0.2, 0.25) is 5.91 Å². The number of aliphatic hydroxyl groups is 1. The molecule has 0 bridgehead atoms. The summed E-state index contributed by atoms with van der Waals surface area (Å²) in [7, 11) is 0. The standard InChI is InChI=1S/C21H32N2O5/c1-3-4-9-18(25)10-7-5-6-8-16-11-13-17(14-12-16)22-20(26)19(15(2)24)23-21(27)28/h11-15,19,23-24H,3-10H2,1-2H3,(H,22,26)(H,27,28)/t15-,19+/m1/s1. The number of Topliss-reactive ketones (excluding diaryl/α,β-unsaturated/α-hetero) is 1. The number of benzene rings is 1. The first-order chi connectivity index (χ1) is 13.3. The number of hydrogen-bond acceptors (Lipinski definition) is 4. The van der Waals surface area contributed by atoms with Crippen molar-refractivity contribution in [2.75, 3.05) is 5.32 Å². The van der Waals surface area contributed by atoms with Gasteiger partial charge in [0.15, 0.2) is 0 Å². The van der Waals surface area contributed by atoms with Gasteiger partial charge in [-0.25, -0.2) is 4.79 Å². The largest absolute Gasteiger partial charge is 0.465 e. The van der Waals surface area contributed by atoms with Crippen LogP contribution in [0.25, 0.3) is 0 Å². The zero-order valence-corrected chi connectivity index (χ0v) is 16.7. The lowest BCUT2D eigenvalue weighted by molar-refractivity contribution is -0.120. The van der Waals surface area contributed by atoms with Crippen LogP contribution in [-0.2, 0) is 16.0 Å². The second kappa shape index (κ2) is 12.9. The van der Waals surface area contributed by atoms with Gasteiger partial charge in [0, 0.05) is 18.5 Å². The van der Waals surface area contributed by atoms with E-state index in [1.54, 1.807) is 12.1 Å². The van der Waals surface area contributed by atoms with Crippen molar-refractivity contribution in [2.45, 2.75) is 77.4 Å². The molecule has 28 heavy (non-hydrogen) atoms. The third-order valence-electron chi connectivity index (χ3n) is 4.50. The number of aliphatic hydroxyl groups excluding tert-OH is 1. The average molecular weight is 392 g/mol. The number of carbonyl (C=O) groups excluding carboxylic acids is 2. The molecule has 2 atom stereocenters. The van der Waals surface area contributed by atoms with Crippen molar-refractivity contribution in [3.63, 3.8) is 0 Å². The molecule has 0 unspecified atom stereocenters. The zero-order valence-electron chi connectivity index (χ0n) is 16.7. The van der Waals surface area contributed by atoms with Crippen LogP contribution < -0.4 is 10.6 Å². The summed E-state index contributed by atoms with van der Waals surface area (Å²) in [5, 5.41) is 22.9. The Morgan fingerprint density at radius 1 is 1.00 bits per heavy atom. The highest BCUT2D eigenvalue weighted by Gasteiger charge is 2.25. The number of carbonyl (C=O) groups is 3. The number of rotatable bonds is 13. The summed E-state index contributed by atoms with van der Waals surface area (Å²) in [6.45, 7) is 3.43. The summed E-state index contributed by atoms with van der Waals surface area (Å²) in [4.78, 5) is 34.5. The Bertz CT molecular complexity index is 628. The first-order valence-corrected chi connectivity index (χ1v) is 9.92. The fraction of sp³-hybridized carbons (Fsp3) is 0.571. The maximum Gasteiger partial charge on any atom is 0.405 e. The molecule has 0 saturated heterocycles. The molecular formula is C21H32N2O5. The second-order valence-electron chi connectivity index (χ2n) is 7.06.